The number of nitrogens with zero attached hydrogens (tertiary/aromatic N) is 4. The summed E-state index contributed by atoms with van der Waals surface area (Å²) in [6.45, 7) is 3.07. The van der Waals surface area contributed by atoms with Crippen LogP contribution >= 0.6 is 0 Å². The average molecular weight is 380 g/mol. The Morgan fingerprint density at radius 3 is 2.75 bits per heavy atom. The number of methoxy groups -OCH3 is 1. The molecule has 3 rings (SSSR count). The van der Waals surface area contributed by atoms with E-state index >= 15 is 0 Å². The normalized spacial score (nSPS) is 12.0. The van der Waals surface area contributed by atoms with Crippen LogP contribution in [0, 0.1) is 6.92 Å². The molecule has 3 N–H and O–H groups in total. The highest BCUT2D eigenvalue weighted by molar-refractivity contribution is 5.68. The smallest absolute Gasteiger partial charge is 0.327 e. The van der Waals surface area contributed by atoms with Crippen LogP contribution in [0.1, 0.15) is 34.1 Å². The van der Waals surface area contributed by atoms with Crippen LogP contribution in [-0.4, -0.2) is 33.3 Å². The molecule has 0 saturated carbocycles. The van der Waals surface area contributed by atoms with Gasteiger partial charge >= 0.3 is 5.97 Å². The fraction of sp³-hybridized carbons (Fsp3) is 0.300. The molecule has 2 aromatic carbocycles. The van der Waals surface area contributed by atoms with Crippen molar-refractivity contribution in [1.82, 2.24) is 25.5 Å². The topological polar surface area (TPSA) is 108 Å². The van der Waals surface area contributed by atoms with Crippen LogP contribution < -0.4 is 11.1 Å². The molecule has 0 amide bonds. The number of hydrogen-bond donors (Lipinski definition) is 2. The molecule has 1 heterocycles. The Bertz CT molecular complexity index is 940. The fourth-order valence-corrected chi connectivity index (χ4v) is 3.01. The van der Waals surface area contributed by atoms with E-state index in [1.807, 2.05) is 43.3 Å². The highest BCUT2D eigenvalue weighted by atomic mass is 16.5. The van der Waals surface area contributed by atoms with Gasteiger partial charge in [-0.05, 0) is 34.0 Å². The van der Waals surface area contributed by atoms with Gasteiger partial charge in [0.15, 0.2) is 5.82 Å². The number of rotatable bonds is 8. The predicted molar refractivity (Wildman–Crippen MR) is 104 cm³/mol. The maximum Gasteiger partial charge on any atom is 0.327 e. The van der Waals surface area contributed by atoms with Crippen molar-refractivity contribution in [3.05, 3.63) is 76.6 Å². The van der Waals surface area contributed by atoms with Crippen molar-refractivity contribution >= 4 is 5.97 Å². The molecule has 0 spiro atoms. The molecule has 146 valence electrons. The zero-order valence-electron chi connectivity index (χ0n) is 16.0. The van der Waals surface area contributed by atoms with E-state index in [9.17, 15) is 4.79 Å². The van der Waals surface area contributed by atoms with Crippen molar-refractivity contribution in [3.8, 4) is 0 Å². The second kappa shape index (κ2) is 9.20. The molecule has 1 aromatic heterocycles. The molecule has 0 radical (unpaired) electrons. The summed E-state index contributed by atoms with van der Waals surface area (Å²) in [6.07, 6.45) is 0. The number of tetrazole rings is 1. The van der Waals surface area contributed by atoms with E-state index in [1.165, 1.54) is 11.8 Å². The molecule has 3 aromatic rings. The maximum atomic E-state index is 11.7. The highest BCUT2D eigenvalue weighted by Gasteiger charge is 2.22. The summed E-state index contributed by atoms with van der Waals surface area (Å²) in [7, 11) is 1.34. The van der Waals surface area contributed by atoms with Crippen LogP contribution in [0.15, 0.2) is 48.5 Å². The Balaban J connectivity index is 1.90. The van der Waals surface area contributed by atoms with E-state index in [-0.39, 0.29) is 12.6 Å². The fourth-order valence-electron chi connectivity index (χ4n) is 3.01. The number of ether oxygens (including phenoxy) is 1. The van der Waals surface area contributed by atoms with Crippen molar-refractivity contribution in [3.63, 3.8) is 0 Å². The molecule has 0 aliphatic rings. The minimum absolute atomic E-state index is 0.0501. The lowest BCUT2D eigenvalue weighted by molar-refractivity contribution is -0.141. The summed E-state index contributed by atoms with van der Waals surface area (Å²) in [6, 6.07) is 15.9. The summed E-state index contributed by atoms with van der Waals surface area (Å²) >= 11 is 0. The van der Waals surface area contributed by atoms with Gasteiger partial charge < -0.3 is 10.5 Å². The van der Waals surface area contributed by atoms with Crippen LogP contribution in [0.25, 0.3) is 0 Å². The number of aryl methyl sites for hydroxylation is 1. The van der Waals surface area contributed by atoms with Gasteiger partial charge in [0.2, 0.25) is 0 Å². The van der Waals surface area contributed by atoms with Crippen molar-refractivity contribution in [2.24, 2.45) is 5.73 Å². The van der Waals surface area contributed by atoms with Gasteiger partial charge in [0, 0.05) is 13.1 Å². The van der Waals surface area contributed by atoms with Gasteiger partial charge in [-0.1, -0.05) is 54.1 Å². The summed E-state index contributed by atoms with van der Waals surface area (Å²) in [5.74, 6) is 0.137. The molecule has 8 heteroatoms. The first-order valence-electron chi connectivity index (χ1n) is 9.01. The first-order chi connectivity index (χ1) is 13.6. The van der Waals surface area contributed by atoms with Gasteiger partial charge in [0.25, 0.3) is 0 Å². The number of hydrogen-bond acceptors (Lipinski definition) is 7. The van der Waals surface area contributed by atoms with E-state index in [1.54, 1.807) is 0 Å². The number of esters is 1. The lowest BCUT2D eigenvalue weighted by Gasteiger charge is -2.19. The average Bonchev–Trinajstić information content (AvgIpc) is 3.16. The molecular formula is C20H24N6O2. The predicted octanol–water partition coefficient (Wildman–Crippen LogP) is 1.49. The third-order valence-electron chi connectivity index (χ3n) is 4.44. The minimum atomic E-state index is -0.410. The first kappa shape index (κ1) is 19.7. The van der Waals surface area contributed by atoms with Gasteiger partial charge in [-0.25, -0.2) is 4.68 Å². The SMILES string of the molecule is COC(=O)Cn1nnnc1C(NCc1cccc(CN)c1)c1cccc(C)c1. The third kappa shape index (κ3) is 4.79. The van der Waals surface area contributed by atoms with Crippen LogP contribution in [0.2, 0.25) is 0 Å². The van der Waals surface area contributed by atoms with Crippen molar-refractivity contribution in [1.29, 1.82) is 0 Å². The third-order valence-corrected chi connectivity index (χ3v) is 4.44. The lowest BCUT2D eigenvalue weighted by Crippen LogP contribution is -2.27. The Morgan fingerprint density at radius 2 is 2.00 bits per heavy atom. The molecule has 0 fully saturated rings. The summed E-state index contributed by atoms with van der Waals surface area (Å²) in [5, 5.41) is 15.4. The van der Waals surface area contributed by atoms with Crippen LogP contribution in [0.5, 0.6) is 0 Å². The van der Waals surface area contributed by atoms with Crippen molar-refractivity contribution in [2.75, 3.05) is 7.11 Å². The lowest BCUT2D eigenvalue weighted by atomic mass is 10.0. The molecule has 0 aliphatic carbocycles. The number of benzene rings is 2. The van der Waals surface area contributed by atoms with E-state index in [0.29, 0.717) is 18.9 Å². The molecule has 8 nitrogen and oxygen atoms in total. The Morgan fingerprint density at radius 1 is 1.21 bits per heavy atom. The Kier molecular flexibility index (Phi) is 6.46. The number of nitrogens with one attached hydrogen (secondary N) is 1. The van der Waals surface area contributed by atoms with Gasteiger partial charge in [0.1, 0.15) is 6.54 Å². The van der Waals surface area contributed by atoms with E-state index in [4.69, 9.17) is 10.5 Å². The first-order valence-corrected chi connectivity index (χ1v) is 9.01. The van der Waals surface area contributed by atoms with E-state index in [2.05, 4.69) is 33.0 Å². The summed E-state index contributed by atoms with van der Waals surface area (Å²) in [5.41, 5.74) is 10.1. The molecule has 0 bridgehead atoms. The van der Waals surface area contributed by atoms with Gasteiger partial charge in [0.05, 0.1) is 13.2 Å². The number of carbonyl (C=O) groups is 1. The zero-order valence-corrected chi connectivity index (χ0v) is 16.0. The number of carbonyl (C=O) groups excluding carboxylic acids is 1. The second-order valence-electron chi connectivity index (χ2n) is 6.52. The molecule has 0 saturated heterocycles. The van der Waals surface area contributed by atoms with Crippen molar-refractivity contribution in [2.45, 2.75) is 32.6 Å². The van der Waals surface area contributed by atoms with E-state index < -0.39 is 5.97 Å². The number of aromatic nitrogens is 4. The van der Waals surface area contributed by atoms with Crippen LogP contribution in [0.4, 0.5) is 0 Å². The van der Waals surface area contributed by atoms with Crippen LogP contribution in [0.3, 0.4) is 0 Å². The number of nitrogens with two attached hydrogens (primary N) is 1. The largest absolute Gasteiger partial charge is 0.468 e. The standard InChI is InChI=1S/C20H24N6O2/c1-14-5-3-8-17(9-14)19(20-23-24-25-26(20)13-18(27)28-2)22-12-16-7-4-6-15(10-16)11-21/h3-10,19,22H,11-13,21H2,1-2H3. The van der Waals surface area contributed by atoms with Gasteiger partial charge in [-0.2, -0.15) is 0 Å². The Hall–Kier alpha value is -3.10. The Labute approximate surface area is 163 Å². The van der Waals surface area contributed by atoms with Crippen LogP contribution in [-0.2, 0) is 29.2 Å². The molecule has 1 atom stereocenters. The zero-order chi connectivity index (χ0) is 19.9. The monoisotopic (exact) mass is 380 g/mol. The molecular weight excluding hydrogens is 356 g/mol. The highest BCUT2D eigenvalue weighted by Crippen LogP contribution is 2.22. The maximum absolute atomic E-state index is 11.7. The van der Waals surface area contributed by atoms with Crippen molar-refractivity contribution < 1.29 is 9.53 Å². The van der Waals surface area contributed by atoms with Gasteiger partial charge in [-0.15, -0.1) is 5.10 Å². The minimum Gasteiger partial charge on any atom is -0.468 e. The molecule has 1 unspecified atom stereocenters. The molecule has 28 heavy (non-hydrogen) atoms. The van der Waals surface area contributed by atoms with E-state index in [0.717, 1.165) is 22.3 Å². The second-order valence-corrected chi connectivity index (χ2v) is 6.52. The summed E-state index contributed by atoms with van der Waals surface area (Å²) in [4.78, 5) is 11.7. The summed E-state index contributed by atoms with van der Waals surface area (Å²) < 4.78 is 6.21. The van der Waals surface area contributed by atoms with Gasteiger partial charge in [-0.3, -0.25) is 10.1 Å². The quantitative estimate of drug-likeness (QED) is 0.570. The molecule has 0 aliphatic heterocycles.